The number of carbonyl (C=O) groups excluding carboxylic acids is 1. The SMILES string of the molecule is O=C(CCCCc1ccccc1)Nc1ccc(N2CCC(NCCn3ccnc3)CC2)cc1. The number of aryl methyl sites for hydroxylation is 1. The van der Waals surface area contributed by atoms with Gasteiger partial charge >= 0.3 is 0 Å². The fourth-order valence-electron chi connectivity index (χ4n) is 4.40. The fraction of sp³-hybridized carbons (Fsp3) is 0.407. The number of hydrogen-bond donors (Lipinski definition) is 2. The molecule has 1 aliphatic rings. The van der Waals surface area contributed by atoms with Crippen molar-refractivity contribution in [1.29, 1.82) is 0 Å². The molecule has 6 nitrogen and oxygen atoms in total. The number of aromatic nitrogens is 2. The van der Waals surface area contributed by atoms with Gasteiger partial charge in [-0.1, -0.05) is 30.3 Å². The van der Waals surface area contributed by atoms with Crippen molar-refractivity contribution in [2.75, 3.05) is 29.9 Å². The number of unbranched alkanes of at least 4 members (excludes halogenated alkanes) is 1. The van der Waals surface area contributed by atoms with Crippen molar-refractivity contribution < 1.29 is 4.79 Å². The van der Waals surface area contributed by atoms with Crippen molar-refractivity contribution in [2.45, 2.75) is 51.1 Å². The number of nitrogens with one attached hydrogen (secondary N) is 2. The monoisotopic (exact) mass is 445 g/mol. The van der Waals surface area contributed by atoms with Gasteiger partial charge in [0.15, 0.2) is 0 Å². The maximum absolute atomic E-state index is 12.3. The summed E-state index contributed by atoms with van der Waals surface area (Å²) in [5.74, 6) is 0.0957. The van der Waals surface area contributed by atoms with Crippen LogP contribution >= 0.6 is 0 Å². The lowest BCUT2D eigenvalue weighted by atomic mass is 10.0. The van der Waals surface area contributed by atoms with Gasteiger partial charge in [-0.05, 0) is 61.9 Å². The Morgan fingerprint density at radius 1 is 1.00 bits per heavy atom. The van der Waals surface area contributed by atoms with Gasteiger partial charge in [-0.2, -0.15) is 0 Å². The molecule has 2 heterocycles. The Bertz CT molecular complexity index is 948. The Kier molecular flexibility index (Phi) is 8.53. The van der Waals surface area contributed by atoms with Crippen LogP contribution in [-0.4, -0.2) is 41.1 Å². The molecule has 6 heteroatoms. The highest BCUT2D eigenvalue weighted by atomic mass is 16.1. The molecular weight excluding hydrogens is 410 g/mol. The van der Waals surface area contributed by atoms with E-state index in [0.29, 0.717) is 12.5 Å². The van der Waals surface area contributed by atoms with E-state index in [-0.39, 0.29) is 5.91 Å². The van der Waals surface area contributed by atoms with Gasteiger partial charge in [0, 0.05) is 62.4 Å². The van der Waals surface area contributed by atoms with Crippen molar-refractivity contribution in [3.05, 3.63) is 78.9 Å². The van der Waals surface area contributed by atoms with Crippen molar-refractivity contribution in [2.24, 2.45) is 0 Å². The average molecular weight is 446 g/mol. The highest BCUT2D eigenvalue weighted by Crippen LogP contribution is 2.22. The van der Waals surface area contributed by atoms with E-state index >= 15 is 0 Å². The molecule has 0 bridgehead atoms. The summed E-state index contributed by atoms with van der Waals surface area (Å²) in [7, 11) is 0. The summed E-state index contributed by atoms with van der Waals surface area (Å²) in [6, 6.07) is 19.3. The summed E-state index contributed by atoms with van der Waals surface area (Å²) in [6.45, 7) is 4.04. The Morgan fingerprint density at radius 3 is 2.52 bits per heavy atom. The molecule has 1 fully saturated rings. The Hall–Kier alpha value is -3.12. The normalized spacial score (nSPS) is 14.4. The first-order valence-electron chi connectivity index (χ1n) is 12.1. The molecule has 174 valence electrons. The van der Waals surface area contributed by atoms with Gasteiger partial charge in [0.1, 0.15) is 0 Å². The molecule has 3 aromatic rings. The van der Waals surface area contributed by atoms with E-state index in [1.165, 1.54) is 11.3 Å². The molecule has 0 saturated carbocycles. The van der Waals surface area contributed by atoms with Crippen LogP contribution in [0.5, 0.6) is 0 Å². The smallest absolute Gasteiger partial charge is 0.224 e. The number of piperidine rings is 1. The van der Waals surface area contributed by atoms with E-state index in [1.807, 2.05) is 36.9 Å². The van der Waals surface area contributed by atoms with Gasteiger partial charge < -0.3 is 20.1 Å². The van der Waals surface area contributed by atoms with Crippen LogP contribution in [0.25, 0.3) is 0 Å². The predicted molar refractivity (Wildman–Crippen MR) is 135 cm³/mol. The van der Waals surface area contributed by atoms with E-state index in [2.05, 4.69) is 61.5 Å². The molecule has 0 spiro atoms. The second kappa shape index (κ2) is 12.2. The molecule has 2 aromatic carbocycles. The van der Waals surface area contributed by atoms with E-state index in [4.69, 9.17) is 0 Å². The second-order valence-electron chi connectivity index (χ2n) is 8.80. The first-order chi connectivity index (χ1) is 16.3. The molecule has 33 heavy (non-hydrogen) atoms. The lowest BCUT2D eigenvalue weighted by Gasteiger charge is -2.34. The first-order valence-corrected chi connectivity index (χ1v) is 12.1. The zero-order valence-electron chi connectivity index (χ0n) is 19.3. The third kappa shape index (κ3) is 7.46. The van der Waals surface area contributed by atoms with Gasteiger partial charge in [-0.25, -0.2) is 4.98 Å². The maximum Gasteiger partial charge on any atom is 0.224 e. The largest absolute Gasteiger partial charge is 0.371 e. The number of imidazole rings is 1. The number of hydrogen-bond acceptors (Lipinski definition) is 4. The van der Waals surface area contributed by atoms with Crippen molar-refractivity contribution in [3.63, 3.8) is 0 Å². The number of benzene rings is 2. The topological polar surface area (TPSA) is 62.2 Å². The molecule has 1 amide bonds. The summed E-state index contributed by atoms with van der Waals surface area (Å²) in [5, 5.41) is 6.71. The van der Waals surface area contributed by atoms with Gasteiger partial charge in [0.25, 0.3) is 0 Å². The molecule has 2 N–H and O–H groups in total. The summed E-state index contributed by atoms with van der Waals surface area (Å²) >= 11 is 0. The van der Waals surface area contributed by atoms with E-state index in [1.54, 1.807) is 0 Å². The zero-order chi connectivity index (χ0) is 22.7. The molecule has 4 rings (SSSR count). The summed E-state index contributed by atoms with van der Waals surface area (Å²) < 4.78 is 2.10. The third-order valence-corrected chi connectivity index (χ3v) is 6.34. The molecule has 1 aromatic heterocycles. The van der Waals surface area contributed by atoms with Crippen molar-refractivity contribution in [3.8, 4) is 0 Å². The van der Waals surface area contributed by atoms with Crippen LogP contribution in [0.2, 0.25) is 0 Å². The lowest BCUT2D eigenvalue weighted by Crippen LogP contribution is -2.43. The van der Waals surface area contributed by atoms with E-state index in [0.717, 1.165) is 64.0 Å². The van der Waals surface area contributed by atoms with Crippen LogP contribution < -0.4 is 15.5 Å². The second-order valence-corrected chi connectivity index (χ2v) is 8.80. The Balaban J connectivity index is 1.12. The van der Waals surface area contributed by atoms with Gasteiger partial charge in [0.05, 0.1) is 6.33 Å². The van der Waals surface area contributed by atoms with E-state index < -0.39 is 0 Å². The zero-order valence-corrected chi connectivity index (χ0v) is 19.3. The number of carbonyl (C=O) groups is 1. The highest BCUT2D eigenvalue weighted by molar-refractivity contribution is 5.90. The number of nitrogens with zero attached hydrogens (tertiary/aromatic N) is 3. The van der Waals surface area contributed by atoms with Gasteiger partial charge in [-0.3, -0.25) is 4.79 Å². The van der Waals surface area contributed by atoms with Crippen LogP contribution in [0.3, 0.4) is 0 Å². The number of anilines is 2. The van der Waals surface area contributed by atoms with Gasteiger partial charge in [-0.15, -0.1) is 0 Å². The van der Waals surface area contributed by atoms with Crippen LogP contribution in [-0.2, 0) is 17.8 Å². The molecule has 0 unspecified atom stereocenters. The lowest BCUT2D eigenvalue weighted by molar-refractivity contribution is -0.116. The Labute approximate surface area is 197 Å². The summed E-state index contributed by atoms with van der Waals surface area (Å²) in [5.41, 5.74) is 3.44. The maximum atomic E-state index is 12.3. The Morgan fingerprint density at radius 2 is 1.79 bits per heavy atom. The van der Waals surface area contributed by atoms with Crippen molar-refractivity contribution >= 4 is 17.3 Å². The molecule has 1 saturated heterocycles. The van der Waals surface area contributed by atoms with Gasteiger partial charge in [0.2, 0.25) is 5.91 Å². The molecule has 1 aliphatic heterocycles. The van der Waals surface area contributed by atoms with Crippen LogP contribution in [0, 0.1) is 0 Å². The number of amides is 1. The van der Waals surface area contributed by atoms with Crippen LogP contribution in [0.1, 0.15) is 37.7 Å². The minimum absolute atomic E-state index is 0.0957. The standard InChI is InChI=1S/C27H35N5O/c33-27(9-5-4-8-23-6-2-1-3-7-23)30-25-10-12-26(13-11-25)32-18-14-24(15-19-32)29-17-21-31-20-16-28-22-31/h1-3,6-7,10-13,16,20,22,24,29H,4-5,8-9,14-15,17-19,21H2,(H,30,33). The first kappa shape index (κ1) is 23.1. The minimum atomic E-state index is 0.0957. The molecule has 0 aliphatic carbocycles. The van der Waals surface area contributed by atoms with E-state index in [9.17, 15) is 4.79 Å². The highest BCUT2D eigenvalue weighted by Gasteiger charge is 2.19. The minimum Gasteiger partial charge on any atom is -0.371 e. The van der Waals surface area contributed by atoms with Crippen LogP contribution in [0.4, 0.5) is 11.4 Å². The molecule has 0 atom stereocenters. The third-order valence-electron chi connectivity index (χ3n) is 6.34. The molecule has 0 radical (unpaired) electrons. The predicted octanol–water partition coefficient (Wildman–Crippen LogP) is 4.49. The average Bonchev–Trinajstić information content (AvgIpc) is 3.37. The fourth-order valence-corrected chi connectivity index (χ4v) is 4.40. The summed E-state index contributed by atoms with van der Waals surface area (Å²) in [4.78, 5) is 18.8. The quantitative estimate of drug-likeness (QED) is 0.427. The summed E-state index contributed by atoms with van der Waals surface area (Å²) in [6.07, 6.45) is 11.5. The van der Waals surface area contributed by atoms with Crippen LogP contribution in [0.15, 0.2) is 73.3 Å². The van der Waals surface area contributed by atoms with Crippen molar-refractivity contribution in [1.82, 2.24) is 14.9 Å². The molecular formula is C27H35N5O. The number of rotatable bonds is 11.